The summed E-state index contributed by atoms with van der Waals surface area (Å²) in [4.78, 5) is 4.03. The predicted octanol–water partition coefficient (Wildman–Crippen LogP) is 2.98. The molecule has 0 saturated heterocycles. The minimum atomic E-state index is -0.239. The van der Waals surface area contributed by atoms with Gasteiger partial charge in [-0.15, -0.1) is 0 Å². The minimum Gasteiger partial charge on any atom is -0.485 e. The molecule has 1 aliphatic heterocycles. The van der Waals surface area contributed by atoms with E-state index in [1.165, 1.54) is 12.1 Å². The van der Waals surface area contributed by atoms with Crippen molar-refractivity contribution in [3.05, 3.63) is 54.6 Å². The Kier molecular flexibility index (Phi) is 2.10. The number of ether oxygens (including phenoxy) is 1. The smallest absolute Gasteiger partial charge is 0.140 e. The highest BCUT2D eigenvalue weighted by molar-refractivity contribution is 5.72. The fraction of sp³-hybridized carbons (Fsp3) is 0.0769. The molecular formula is C13H9FNO. The van der Waals surface area contributed by atoms with Gasteiger partial charge < -0.3 is 4.74 Å². The first-order chi connectivity index (χ1) is 7.84. The maximum atomic E-state index is 13.4. The number of pyridine rings is 1. The Hall–Kier alpha value is -1.90. The van der Waals surface area contributed by atoms with Crippen molar-refractivity contribution in [2.45, 2.75) is 6.42 Å². The third-order valence-electron chi connectivity index (χ3n) is 2.61. The second-order valence-corrected chi connectivity index (χ2v) is 3.67. The number of hydrogen-bond acceptors (Lipinski definition) is 2. The molecule has 0 bridgehead atoms. The van der Waals surface area contributed by atoms with Gasteiger partial charge in [-0.25, -0.2) is 4.39 Å². The van der Waals surface area contributed by atoms with Gasteiger partial charge in [-0.3, -0.25) is 4.98 Å². The predicted molar refractivity (Wildman–Crippen MR) is 58.3 cm³/mol. The first kappa shape index (κ1) is 9.33. The number of rotatable bonds is 1. The van der Waals surface area contributed by atoms with Gasteiger partial charge in [0.2, 0.25) is 0 Å². The summed E-state index contributed by atoms with van der Waals surface area (Å²) in [6.07, 6.45) is 4.05. The molecule has 2 aromatic rings. The van der Waals surface area contributed by atoms with Crippen molar-refractivity contribution in [3.8, 4) is 16.9 Å². The standard InChI is InChI=1S/C13H9FNO/c14-11-6-9-3-5-16-13(9)12(7-11)10-2-1-4-15-8-10/h1-2,4-8H,3H2. The molecular weight excluding hydrogens is 205 g/mol. The summed E-state index contributed by atoms with van der Waals surface area (Å²) in [5.74, 6) is 0.505. The van der Waals surface area contributed by atoms with E-state index in [4.69, 9.17) is 4.74 Å². The Morgan fingerprint density at radius 3 is 3.06 bits per heavy atom. The number of aromatic nitrogens is 1. The van der Waals surface area contributed by atoms with Gasteiger partial charge in [0.25, 0.3) is 0 Å². The fourth-order valence-corrected chi connectivity index (χ4v) is 1.89. The molecule has 1 aliphatic rings. The van der Waals surface area contributed by atoms with Gasteiger partial charge in [0.1, 0.15) is 18.2 Å². The molecule has 3 heteroatoms. The normalized spacial score (nSPS) is 13.3. The van der Waals surface area contributed by atoms with Gasteiger partial charge >= 0.3 is 0 Å². The summed E-state index contributed by atoms with van der Waals surface area (Å²) < 4.78 is 18.8. The van der Waals surface area contributed by atoms with Crippen LogP contribution in [0, 0.1) is 12.4 Å². The largest absolute Gasteiger partial charge is 0.485 e. The molecule has 2 heterocycles. The molecule has 0 amide bonds. The van der Waals surface area contributed by atoms with Crippen LogP contribution in [0.15, 0.2) is 36.7 Å². The average Bonchev–Trinajstić information content (AvgIpc) is 2.77. The van der Waals surface area contributed by atoms with Gasteiger partial charge in [0, 0.05) is 35.5 Å². The van der Waals surface area contributed by atoms with Crippen LogP contribution in [0.1, 0.15) is 5.56 Å². The number of fused-ring (bicyclic) bond motifs is 1. The Bertz CT molecular complexity index is 525. The molecule has 0 fully saturated rings. The van der Waals surface area contributed by atoms with E-state index in [-0.39, 0.29) is 5.82 Å². The van der Waals surface area contributed by atoms with E-state index in [0.29, 0.717) is 6.42 Å². The summed E-state index contributed by atoms with van der Waals surface area (Å²) in [5.41, 5.74) is 2.52. The topological polar surface area (TPSA) is 22.1 Å². The molecule has 1 aromatic heterocycles. The first-order valence-corrected chi connectivity index (χ1v) is 5.06. The third kappa shape index (κ3) is 1.45. The summed E-state index contributed by atoms with van der Waals surface area (Å²) >= 11 is 0. The zero-order chi connectivity index (χ0) is 11.0. The number of benzene rings is 1. The van der Waals surface area contributed by atoms with E-state index in [2.05, 4.69) is 4.98 Å². The molecule has 2 nitrogen and oxygen atoms in total. The van der Waals surface area contributed by atoms with Crippen molar-refractivity contribution >= 4 is 0 Å². The maximum Gasteiger partial charge on any atom is 0.140 e. The monoisotopic (exact) mass is 214 g/mol. The van der Waals surface area contributed by atoms with E-state index in [1.807, 2.05) is 12.1 Å². The van der Waals surface area contributed by atoms with Crippen LogP contribution in [0.4, 0.5) is 4.39 Å². The van der Waals surface area contributed by atoms with E-state index in [9.17, 15) is 4.39 Å². The van der Waals surface area contributed by atoms with Crippen LogP contribution in [0.2, 0.25) is 0 Å². The molecule has 79 valence electrons. The maximum absolute atomic E-state index is 13.4. The Balaban J connectivity index is 2.21. The lowest BCUT2D eigenvalue weighted by molar-refractivity contribution is 0.436. The van der Waals surface area contributed by atoms with Gasteiger partial charge in [-0.2, -0.15) is 0 Å². The highest BCUT2D eigenvalue weighted by Gasteiger charge is 2.19. The van der Waals surface area contributed by atoms with Crippen LogP contribution >= 0.6 is 0 Å². The molecule has 3 rings (SSSR count). The summed E-state index contributed by atoms with van der Waals surface area (Å²) in [6, 6.07) is 6.71. The van der Waals surface area contributed by atoms with Gasteiger partial charge in [0.05, 0.1) is 0 Å². The zero-order valence-corrected chi connectivity index (χ0v) is 8.48. The quantitative estimate of drug-likeness (QED) is 0.728. The van der Waals surface area contributed by atoms with E-state index in [1.54, 1.807) is 19.0 Å². The van der Waals surface area contributed by atoms with Crippen LogP contribution < -0.4 is 4.74 Å². The Morgan fingerprint density at radius 1 is 1.31 bits per heavy atom. The van der Waals surface area contributed by atoms with E-state index < -0.39 is 0 Å². The SMILES string of the molecule is Fc1cc2c(c(-c3cccnc3)c1)O[CH]C2. The highest BCUT2D eigenvalue weighted by Crippen LogP contribution is 2.38. The van der Waals surface area contributed by atoms with Crippen LogP contribution in [0.25, 0.3) is 11.1 Å². The van der Waals surface area contributed by atoms with Crippen molar-refractivity contribution in [1.82, 2.24) is 4.98 Å². The fourth-order valence-electron chi connectivity index (χ4n) is 1.89. The zero-order valence-electron chi connectivity index (χ0n) is 8.48. The number of nitrogens with zero attached hydrogens (tertiary/aromatic N) is 1. The van der Waals surface area contributed by atoms with Gasteiger partial charge in [0.15, 0.2) is 0 Å². The van der Waals surface area contributed by atoms with Crippen LogP contribution in [-0.2, 0) is 6.42 Å². The summed E-state index contributed by atoms with van der Waals surface area (Å²) in [6.45, 7) is 1.68. The lowest BCUT2D eigenvalue weighted by atomic mass is 10.0. The van der Waals surface area contributed by atoms with Crippen LogP contribution in [0.3, 0.4) is 0 Å². The molecule has 0 unspecified atom stereocenters. The molecule has 0 saturated carbocycles. The van der Waals surface area contributed by atoms with Crippen molar-refractivity contribution in [2.75, 3.05) is 0 Å². The van der Waals surface area contributed by atoms with Gasteiger partial charge in [-0.05, 0) is 18.2 Å². The second kappa shape index (κ2) is 3.59. The van der Waals surface area contributed by atoms with Crippen molar-refractivity contribution < 1.29 is 9.13 Å². The number of hydrogen-bond donors (Lipinski definition) is 0. The Morgan fingerprint density at radius 2 is 2.25 bits per heavy atom. The molecule has 0 N–H and O–H groups in total. The molecule has 1 aromatic carbocycles. The third-order valence-corrected chi connectivity index (χ3v) is 2.61. The van der Waals surface area contributed by atoms with E-state index in [0.717, 1.165) is 22.4 Å². The van der Waals surface area contributed by atoms with Gasteiger partial charge in [-0.1, -0.05) is 6.07 Å². The van der Waals surface area contributed by atoms with Crippen molar-refractivity contribution in [2.24, 2.45) is 0 Å². The first-order valence-electron chi connectivity index (χ1n) is 5.06. The van der Waals surface area contributed by atoms with Crippen molar-refractivity contribution in [3.63, 3.8) is 0 Å². The summed E-state index contributed by atoms with van der Waals surface area (Å²) in [5, 5.41) is 0. The second-order valence-electron chi connectivity index (χ2n) is 3.67. The van der Waals surface area contributed by atoms with Crippen LogP contribution in [-0.4, -0.2) is 4.98 Å². The minimum absolute atomic E-state index is 0.239. The molecule has 0 aliphatic carbocycles. The number of halogens is 1. The van der Waals surface area contributed by atoms with Crippen LogP contribution in [0.5, 0.6) is 5.75 Å². The average molecular weight is 214 g/mol. The summed E-state index contributed by atoms with van der Waals surface area (Å²) in [7, 11) is 0. The lowest BCUT2D eigenvalue weighted by Crippen LogP contribution is -1.88. The molecule has 16 heavy (non-hydrogen) atoms. The Labute approximate surface area is 92.7 Å². The van der Waals surface area contributed by atoms with Crippen molar-refractivity contribution in [1.29, 1.82) is 0 Å². The molecule has 0 spiro atoms. The van der Waals surface area contributed by atoms with E-state index >= 15 is 0 Å². The molecule has 0 atom stereocenters. The lowest BCUT2D eigenvalue weighted by Gasteiger charge is -2.07. The highest BCUT2D eigenvalue weighted by atomic mass is 19.1. The molecule has 1 radical (unpaired) electrons.